The summed E-state index contributed by atoms with van der Waals surface area (Å²) in [5, 5.41) is 11.9. The van der Waals surface area contributed by atoms with Gasteiger partial charge in [0, 0.05) is 0 Å². The predicted molar refractivity (Wildman–Crippen MR) is 43.8 cm³/mol. The van der Waals surface area contributed by atoms with E-state index in [1.54, 1.807) is 0 Å². The van der Waals surface area contributed by atoms with Gasteiger partial charge in [0.2, 0.25) is 0 Å². The van der Waals surface area contributed by atoms with E-state index >= 15 is 0 Å². The Hall–Kier alpha value is -0.530. The molecule has 62 valence electrons. The Kier molecular flexibility index (Phi) is 1.29. The maximum absolute atomic E-state index is 8.59. The SMILES string of the molecule is CC1(C)C2CC/C(=N\O)CC21. The van der Waals surface area contributed by atoms with Crippen molar-refractivity contribution < 1.29 is 5.21 Å². The van der Waals surface area contributed by atoms with Crippen LogP contribution in [0, 0.1) is 17.3 Å². The second-order valence-electron chi connectivity index (χ2n) is 4.44. The molecule has 0 saturated heterocycles. The fourth-order valence-corrected chi connectivity index (χ4v) is 2.60. The third-order valence-corrected chi connectivity index (χ3v) is 3.63. The Balaban J connectivity index is 2.08. The van der Waals surface area contributed by atoms with Crippen LogP contribution in [0.3, 0.4) is 0 Å². The zero-order chi connectivity index (χ0) is 8.06. The monoisotopic (exact) mass is 153 g/mol. The van der Waals surface area contributed by atoms with Crippen molar-refractivity contribution in [2.75, 3.05) is 0 Å². The van der Waals surface area contributed by atoms with Gasteiger partial charge in [0.25, 0.3) is 0 Å². The van der Waals surface area contributed by atoms with E-state index in [-0.39, 0.29) is 0 Å². The van der Waals surface area contributed by atoms with Crippen molar-refractivity contribution in [2.45, 2.75) is 33.1 Å². The smallest absolute Gasteiger partial charge is 0.0574 e. The van der Waals surface area contributed by atoms with Crippen molar-refractivity contribution in [3.05, 3.63) is 0 Å². The van der Waals surface area contributed by atoms with Gasteiger partial charge in [-0.15, -0.1) is 0 Å². The highest BCUT2D eigenvalue weighted by Crippen LogP contribution is 2.64. The Morgan fingerprint density at radius 2 is 2.18 bits per heavy atom. The molecule has 0 aliphatic heterocycles. The zero-order valence-corrected chi connectivity index (χ0v) is 7.17. The fraction of sp³-hybridized carbons (Fsp3) is 0.889. The number of hydrogen-bond acceptors (Lipinski definition) is 2. The molecule has 2 atom stereocenters. The summed E-state index contributed by atoms with van der Waals surface area (Å²) in [6.07, 6.45) is 3.28. The van der Waals surface area contributed by atoms with Gasteiger partial charge in [-0.3, -0.25) is 0 Å². The van der Waals surface area contributed by atoms with E-state index in [0.717, 1.165) is 30.4 Å². The summed E-state index contributed by atoms with van der Waals surface area (Å²) in [5.41, 5.74) is 1.55. The molecule has 2 aliphatic rings. The Labute approximate surface area is 67.3 Å². The van der Waals surface area contributed by atoms with Crippen molar-refractivity contribution in [1.29, 1.82) is 0 Å². The lowest BCUT2D eigenvalue weighted by atomic mass is 9.99. The lowest BCUT2D eigenvalue weighted by Gasteiger charge is -2.08. The van der Waals surface area contributed by atoms with E-state index in [1.165, 1.54) is 6.42 Å². The predicted octanol–water partition coefficient (Wildman–Crippen LogP) is 2.27. The third kappa shape index (κ3) is 0.883. The molecule has 0 amide bonds. The molecule has 2 saturated carbocycles. The topological polar surface area (TPSA) is 32.6 Å². The van der Waals surface area contributed by atoms with Crippen LogP contribution >= 0.6 is 0 Å². The van der Waals surface area contributed by atoms with E-state index in [4.69, 9.17) is 5.21 Å². The highest BCUT2D eigenvalue weighted by Gasteiger charge is 2.58. The minimum atomic E-state index is 0.534. The van der Waals surface area contributed by atoms with Crippen LogP contribution < -0.4 is 0 Å². The van der Waals surface area contributed by atoms with Crippen molar-refractivity contribution in [3.63, 3.8) is 0 Å². The first-order chi connectivity index (χ1) is 5.16. The summed E-state index contributed by atoms with van der Waals surface area (Å²) in [4.78, 5) is 0. The molecule has 1 N–H and O–H groups in total. The molecular weight excluding hydrogens is 138 g/mol. The molecule has 2 nitrogen and oxygen atoms in total. The normalized spacial score (nSPS) is 43.6. The lowest BCUT2D eigenvalue weighted by Crippen LogP contribution is -2.06. The van der Waals surface area contributed by atoms with Gasteiger partial charge >= 0.3 is 0 Å². The van der Waals surface area contributed by atoms with E-state index in [0.29, 0.717) is 5.41 Å². The van der Waals surface area contributed by atoms with Crippen LogP contribution in [0.1, 0.15) is 33.1 Å². The van der Waals surface area contributed by atoms with Gasteiger partial charge in [-0.1, -0.05) is 19.0 Å². The minimum absolute atomic E-state index is 0.534. The van der Waals surface area contributed by atoms with Gasteiger partial charge in [0.15, 0.2) is 0 Å². The maximum Gasteiger partial charge on any atom is 0.0574 e. The van der Waals surface area contributed by atoms with Gasteiger partial charge in [-0.05, 0) is 36.5 Å². The Morgan fingerprint density at radius 1 is 1.45 bits per heavy atom. The molecule has 2 aliphatic carbocycles. The molecule has 2 fully saturated rings. The summed E-state index contributed by atoms with van der Waals surface area (Å²) in [7, 11) is 0. The molecule has 2 rings (SSSR count). The lowest BCUT2D eigenvalue weighted by molar-refractivity contribution is 0.314. The molecule has 0 spiro atoms. The van der Waals surface area contributed by atoms with E-state index in [2.05, 4.69) is 19.0 Å². The molecule has 0 aromatic rings. The summed E-state index contributed by atoms with van der Waals surface area (Å²) in [6, 6.07) is 0. The van der Waals surface area contributed by atoms with E-state index < -0.39 is 0 Å². The highest BCUT2D eigenvalue weighted by molar-refractivity contribution is 5.85. The molecule has 0 bridgehead atoms. The standard InChI is InChI=1S/C9H15NO/c1-9(2)7-4-3-6(10-11)5-8(7)9/h7-8,11H,3-5H2,1-2H3/b10-6+. The highest BCUT2D eigenvalue weighted by atomic mass is 16.4. The van der Waals surface area contributed by atoms with Gasteiger partial charge in [0.1, 0.15) is 0 Å². The molecule has 11 heavy (non-hydrogen) atoms. The molecule has 0 heterocycles. The van der Waals surface area contributed by atoms with Crippen LogP contribution in [0.4, 0.5) is 0 Å². The number of hydrogen-bond donors (Lipinski definition) is 1. The number of rotatable bonds is 0. The molecule has 2 unspecified atom stereocenters. The first-order valence-electron chi connectivity index (χ1n) is 4.36. The fourth-order valence-electron chi connectivity index (χ4n) is 2.60. The second-order valence-corrected chi connectivity index (χ2v) is 4.44. The average Bonchev–Trinajstić information content (AvgIpc) is 2.55. The zero-order valence-electron chi connectivity index (χ0n) is 7.17. The molecule has 2 heteroatoms. The van der Waals surface area contributed by atoms with Crippen molar-refractivity contribution in [1.82, 2.24) is 0 Å². The number of oxime groups is 1. The molecule has 0 aromatic heterocycles. The molecule has 0 radical (unpaired) electrons. The van der Waals surface area contributed by atoms with Gasteiger partial charge in [0.05, 0.1) is 5.71 Å². The Morgan fingerprint density at radius 3 is 2.73 bits per heavy atom. The second kappa shape index (κ2) is 1.99. The Bertz CT molecular complexity index is 208. The number of nitrogens with zero attached hydrogens (tertiary/aromatic N) is 1. The summed E-state index contributed by atoms with van der Waals surface area (Å²) >= 11 is 0. The van der Waals surface area contributed by atoms with Crippen molar-refractivity contribution >= 4 is 5.71 Å². The van der Waals surface area contributed by atoms with Crippen molar-refractivity contribution in [3.8, 4) is 0 Å². The summed E-state index contributed by atoms with van der Waals surface area (Å²) in [5.74, 6) is 1.72. The van der Waals surface area contributed by atoms with Crippen LogP contribution in [0.2, 0.25) is 0 Å². The average molecular weight is 153 g/mol. The van der Waals surface area contributed by atoms with Gasteiger partial charge in [-0.25, -0.2) is 0 Å². The number of fused-ring (bicyclic) bond motifs is 1. The quantitative estimate of drug-likeness (QED) is 0.420. The van der Waals surface area contributed by atoms with Crippen LogP contribution in [0.15, 0.2) is 5.16 Å². The first kappa shape index (κ1) is 7.14. The molecule has 0 aromatic carbocycles. The van der Waals surface area contributed by atoms with Crippen LogP contribution in [0.25, 0.3) is 0 Å². The van der Waals surface area contributed by atoms with E-state index in [9.17, 15) is 0 Å². The first-order valence-corrected chi connectivity index (χ1v) is 4.36. The summed E-state index contributed by atoms with van der Waals surface area (Å²) < 4.78 is 0. The molecular formula is C9H15NO. The largest absolute Gasteiger partial charge is 0.411 e. The maximum atomic E-state index is 8.59. The van der Waals surface area contributed by atoms with Crippen LogP contribution in [-0.2, 0) is 0 Å². The summed E-state index contributed by atoms with van der Waals surface area (Å²) in [6.45, 7) is 4.64. The van der Waals surface area contributed by atoms with Crippen molar-refractivity contribution in [2.24, 2.45) is 22.4 Å². The van der Waals surface area contributed by atoms with Gasteiger partial charge in [-0.2, -0.15) is 0 Å². The minimum Gasteiger partial charge on any atom is -0.411 e. The van der Waals surface area contributed by atoms with Crippen LogP contribution in [-0.4, -0.2) is 10.9 Å². The van der Waals surface area contributed by atoms with E-state index in [1.807, 2.05) is 0 Å². The van der Waals surface area contributed by atoms with Crippen LogP contribution in [0.5, 0.6) is 0 Å². The third-order valence-electron chi connectivity index (χ3n) is 3.63. The van der Waals surface area contributed by atoms with Gasteiger partial charge < -0.3 is 5.21 Å².